The molecular formula is C23H18Cl2FNO3. The largest absolute Gasteiger partial charge is 0.486 e. The fourth-order valence-electron chi connectivity index (χ4n) is 3.58. The van der Waals surface area contributed by atoms with E-state index in [0.717, 1.165) is 40.9 Å². The van der Waals surface area contributed by atoms with Crippen molar-refractivity contribution in [2.45, 2.75) is 31.8 Å². The molecule has 1 atom stereocenters. The molecular weight excluding hydrogens is 428 g/mol. The lowest BCUT2D eigenvalue weighted by Crippen LogP contribution is -2.06. The van der Waals surface area contributed by atoms with E-state index in [1.807, 2.05) is 12.1 Å². The van der Waals surface area contributed by atoms with E-state index in [1.165, 1.54) is 12.1 Å². The minimum absolute atomic E-state index is 0.0581. The van der Waals surface area contributed by atoms with Crippen LogP contribution in [0.25, 0.3) is 17.0 Å². The Hall–Kier alpha value is -2.63. The van der Waals surface area contributed by atoms with Crippen molar-refractivity contribution in [3.63, 3.8) is 0 Å². The number of pyridine rings is 1. The van der Waals surface area contributed by atoms with Gasteiger partial charge in [0.05, 0.1) is 10.5 Å². The first kappa shape index (κ1) is 20.6. The van der Waals surface area contributed by atoms with Gasteiger partial charge in [-0.25, -0.2) is 9.18 Å². The fourth-order valence-corrected chi connectivity index (χ4v) is 4.26. The lowest BCUT2D eigenvalue weighted by molar-refractivity contribution is -0.131. The second-order valence-corrected chi connectivity index (χ2v) is 8.05. The van der Waals surface area contributed by atoms with Gasteiger partial charge in [0.25, 0.3) is 0 Å². The first-order chi connectivity index (χ1) is 14.3. The summed E-state index contributed by atoms with van der Waals surface area (Å²) < 4.78 is 19.9. The van der Waals surface area contributed by atoms with Crippen LogP contribution in [0.5, 0.6) is 5.75 Å². The van der Waals surface area contributed by atoms with Gasteiger partial charge in [0.1, 0.15) is 17.7 Å². The summed E-state index contributed by atoms with van der Waals surface area (Å²) in [4.78, 5) is 15.4. The molecule has 2 aromatic carbocycles. The predicted molar refractivity (Wildman–Crippen MR) is 116 cm³/mol. The Labute approximate surface area is 182 Å². The number of hydrogen-bond donors (Lipinski definition) is 1. The molecule has 0 unspecified atom stereocenters. The number of nitrogens with zero attached hydrogens (tertiary/aromatic N) is 1. The lowest BCUT2D eigenvalue weighted by atomic mass is 9.99. The van der Waals surface area contributed by atoms with Crippen molar-refractivity contribution in [3.8, 4) is 5.75 Å². The molecule has 1 aromatic heterocycles. The average molecular weight is 446 g/mol. The van der Waals surface area contributed by atoms with Gasteiger partial charge >= 0.3 is 5.97 Å². The van der Waals surface area contributed by atoms with E-state index in [1.54, 1.807) is 25.3 Å². The summed E-state index contributed by atoms with van der Waals surface area (Å²) in [6.45, 7) is 1.75. The van der Waals surface area contributed by atoms with Gasteiger partial charge in [-0.1, -0.05) is 23.2 Å². The lowest BCUT2D eigenvalue weighted by Gasteiger charge is -2.19. The first-order valence-electron chi connectivity index (χ1n) is 9.49. The second-order valence-electron chi connectivity index (χ2n) is 7.27. The van der Waals surface area contributed by atoms with Crippen molar-refractivity contribution in [2.24, 2.45) is 0 Å². The number of ether oxygens (including phenoxy) is 1. The Morgan fingerprint density at radius 1 is 1.30 bits per heavy atom. The van der Waals surface area contributed by atoms with Gasteiger partial charge in [0, 0.05) is 28.2 Å². The standard InChI is InChI=1S/C23H18Cl2FNO3/c1-12(21-17(24)6-7-18(26)23(21)25)30-15-5-8-19-16(10-15)22(13-2-3-13)14(11-27-19)4-9-20(28)29/h4-13H,2-3H2,1H3,(H,28,29)/b9-4+/t12-/m0/s1. The molecule has 0 amide bonds. The molecule has 0 radical (unpaired) electrons. The molecule has 1 heterocycles. The van der Waals surface area contributed by atoms with E-state index in [4.69, 9.17) is 33.0 Å². The molecule has 0 spiro atoms. The third-order valence-electron chi connectivity index (χ3n) is 5.10. The molecule has 4 nitrogen and oxygen atoms in total. The highest BCUT2D eigenvalue weighted by Gasteiger charge is 2.28. The molecule has 30 heavy (non-hydrogen) atoms. The highest BCUT2D eigenvalue weighted by atomic mass is 35.5. The molecule has 7 heteroatoms. The Bertz CT molecular complexity index is 1170. The summed E-state index contributed by atoms with van der Waals surface area (Å²) >= 11 is 12.3. The van der Waals surface area contributed by atoms with E-state index in [0.29, 0.717) is 22.3 Å². The van der Waals surface area contributed by atoms with Crippen molar-refractivity contribution in [1.29, 1.82) is 0 Å². The van der Waals surface area contributed by atoms with E-state index >= 15 is 0 Å². The predicted octanol–water partition coefficient (Wildman–Crippen LogP) is 6.80. The smallest absolute Gasteiger partial charge is 0.328 e. The van der Waals surface area contributed by atoms with Crippen molar-refractivity contribution >= 4 is 46.2 Å². The number of fused-ring (bicyclic) bond motifs is 1. The van der Waals surface area contributed by atoms with Gasteiger partial charge in [-0.3, -0.25) is 4.98 Å². The highest BCUT2D eigenvalue weighted by Crippen LogP contribution is 2.45. The normalized spacial score (nSPS) is 14.9. The van der Waals surface area contributed by atoms with Gasteiger partial charge < -0.3 is 9.84 Å². The van der Waals surface area contributed by atoms with Gasteiger partial charge in [0.15, 0.2) is 0 Å². The van der Waals surface area contributed by atoms with Crippen LogP contribution in [0.2, 0.25) is 10.0 Å². The van der Waals surface area contributed by atoms with Crippen LogP contribution in [0.15, 0.2) is 42.6 Å². The number of halogens is 3. The van der Waals surface area contributed by atoms with Gasteiger partial charge in [0.2, 0.25) is 0 Å². The Morgan fingerprint density at radius 2 is 2.07 bits per heavy atom. The Balaban J connectivity index is 1.73. The summed E-state index contributed by atoms with van der Waals surface area (Å²) in [5.41, 5.74) is 3.04. The Kier molecular flexibility index (Phi) is 5.67. The third-order valence-corrected chi connectivity index (χ3v) is 5.82. The number of rotatable bonds is 6. The summed E-state index contributed by atoms with van der Waals surface area (Å²) in [6, 6.07) is 8.19. The Morgan fingerprint density at radius 3 is 2.77 bits per heavy atom. The minimum Gasteiger partial charge on any atom is -0.486 e. The van der Waals surface area contributed by atoms with Crippen LogP contribution >= 0.6 is 23.2 Å². The fraction of sp³-hybridized carbons (Fsp3) is 0.217. The zero-order chi connectivity index (χ0) is 21.4. The molecule has 1 saturated carbocycles. The topological polar surface area (TPSA) is 59.4 Å². The maximum atomic E-state index is 13.9. The number of carboxylic acid groups (broad SMARTS) is 1. The van der Waals surface area contributed by atoms with E-state index in [2.05, 4.69) is 4.98 Å². The van der Waals surface area contributed by atoms with Crippen LogP contribution in [0.4, 0.5) is 4.39 Å². The monoisotopic (exact) mass is 445 g/mol. The van der Waals surface area contributed by atoms with E-state index in [9.17, 15) is 9.18 Å². The first-order valence-corrected chi connectivity index (χ1v) is 10.2. The molecule has 1 aliphatic carbocycles. The van der Waals surface area contributed by atoms with E-state index in [-0.39, 0.29) is 5.02 Å². The van der Waals surface area contributed by atoms with Crippen LogP contribution in [0.1, 0.15) is 48.5 Å². The summed E-state index contributed by atoms with van der Waals surface area (Å²) in [5, 5.41) is 10.2. The van der Waals surface area contributed by atoms with Crippen LogP contribution in [0.3, 0.4) is 0 Å². The van der Waals surface area contributed by atoms with Crippen LogP contribution in [-0.4, -0.2) is 16.1 Å². The van der Waals surface area contributed by atoms with Crippen molar-refractivity contribution < 1.29 is 19.0 Å². The molecule has 4 rings (SSSR count). The van der Waals surface area contributed by atoms with Gasteiger partial charge in [-0.15, -0.1) is 0 Å². The minimum atomic E-state index is -1.01. The number of hydrogen-bond acceptors (Lipinski definition) is 3. The number of aliphatic carboxylic acids is 1. The van der Waals surface area contributed by atoms with E-state index < -0.39 is 17.9 Å². The van der Waals surface area contributed by atoms with Crippen LogP contribution in [-0.2, 0) is 4.79 Å². The highest BCUT2D eigenvalue weighted by molar-refractivity contribution is 6.36. The van der Waals surface area contributed by atoms with Crippen molar-refractivity contribution in [1.82, 2.24) is 4.98 Å². The summed E-state index contributed by atoms with van der Waals surface area (Å²) in [5.74, 6) is -0.634. The maximum absolute atomic E-state index is 13.9. The zero-order valence-corrected chi connectivity index (χ0v) is 17.5. The molecule has 0 bridgehead atoms. The average Bonchev–Trinajstić information content (AvgIpc) is 3.54. The molecule has 0 saturated heterocycles. The third kappa shape index (κ3) is 4.13. The number of carboxylic acids is 1. The number of carbonyl (C=O) groups is 1. The molecule has 3 aromatic rings. The quantitative estimate of drug-likeness (QED) is 0.334. The second kappa shape index (κ2) is 8.25. The molecule has 1 N–H and O–H groups in total. The maximum Gasteiger partial charge on any atom is 0.328 e. The summed E-state index contributed by atoms with van der Waals surface area (Å²) in [6.07, 6.45) is 5.90. The van der Waals surface area contributed by atoms with Crippen molar-refractivity contribution in [2.75, 3.05) is 0 Å². The summed E-state index contributed by atoms with van der Waals surface area (Å²) in [7, 11) is 0. The number of benzene rings is 2. The molecule has 1 fully saturated rings. The molecule has 1 aliphatic rings. The van der Waals surface area contributed by atoms with Crippen LogP contribution in [0, 0.1) is 5.82 Å². The van der Waals surface area contributed by atoms with Gasteiger partial charge in [-0.05, 0) is 73.2 Å². The zero-order valence-electron chi connectivity index (χ0n) is 16.0. The van der Waals surface area contributed by atoms with Gasteiger partial charge in [-0.2, -0.15) is 0 Å². The van der Waals surface area contributed by atoms with Crippen molar-refractivity contribution in [3.05, 3.63) is 75.2 Å². The number of aromatic nitrogens is 1. The van der Waals surface area contributed by atoms with Crippen LogP contribution < -0.4 is 4.74 Å². The molecule has 0 aliphatic heterocycles. The molecule has 154 valence electrons. The SMILES string of the molecule is C[C@H](Oc1ccc2ncc(/C=C/C(=O)O)c(C3CC3)c2c1)c1c(Cl)ccc(F)c1Cl.